The number of phenolic OH excluding ortho intramolecular Hbond substituents is 1. The van der Waals surface area contributed by atoms with Crippen LogP contribution in [0.3, 0.4) is 0 Å². The number of amides is 3. The van der Waals surface area contributed by atoms with Gasteiger partial charge in [-0.3, -0.25) is 9.59 Å². The Kier molecular flexibility index (Phi) is 11.4. The number of unbranched alkanes of at least 4 members (excludes halogenated alkanes) is 1. The van der Waals surface area contributed by atoms with E-state index in [-0.39, 0.29) is 30.0 Å². The average molecular weight is 552 g/mol. The number of carbonyl (C=O) groups is 3. The van der Waals surface area contributed by atoms with Crippen LogP contribution < -0.4 is 10.6 Å². The van der Waals surface area contributed by atoms with Crippen molar-refractivity contribution in [2.45, 2.75) is 103 Å². The van der Waals surface area contributed by atoms with E-state index >= 15 is 0 Å². The number of aromatic hydroxyl groups is 1. The molecule has 3 N–H and O–H groups in total. The van der Waals surface area contributed by atoms with E-state index in [1.54, 1.807) is 43.9 Å². The van der Waals surface area contributed by atoms with Crippen LogP contribution in [0.5, 0.6) is 5.75 Å². The third kappa shape index (κ3) is 9.57. The molecule has 1 fully saturated rings. The molecule has 0 heterocycles. The van der Waals surface area contributed by atoms with E-state index in [4.69, 9.17) is 4.74 Å². The normalized spacial score (nSPS) is 15.5. The largest absolute Gasteiger partial charge is 0.508 e. The molecule has 3 amide bonds. The molecule has 1 aliphatic carbocycles. The number of hydrogen-bond acceptors (Lipinski definition) is 5. The zero-order valence-corrected chi connectivity index (χ0v) is 24.3. The monoisotopic (exact) mass is 551 g/mol. The van der Waals surface area contributed by atoms with Gasteiger partial charge >= 0.3 is 6.09 Å². The number of phenols is 1. The first-order valence-electron chi connectivity index (χ1n) is 14.5. The van der Waals surface area contributed by atoms with Crippen molar-refractivity contribution in [2.75, 3.05) is 6.54 Å². The van der Waals surface area contributed by atoms with Crippen molar-refractivity contribution >= 4 is 17.9 Å². The molecule has 2 atom stereocenters. The molecule has 0 bridgehead atoms. The van der Waals surface area contributed by atoms with Crippen LogP contribution in [0.1, 0.15) is 89.8 Å². The zero-order chi connectivity index (χ0) is 29.1. The number of ether oxygens (including phenoxy) is 1. The van der Waals surface area contributed by atoms with Gasteiger partial charge in [0.2, 0.25) is 11.8 Å². The Morgan fingerprint density at radius 1 is 1.02 bits per heavy atom. The van der Waals surface area contributed by atoms with E-state index in [0.717, 1.165) is 44.1 Å². The number of rotatable bonds is 11. The van der Waals surface area contributed by atoms with Gasteiger partial charge < -0.3 is 25.4 Å². The predicted molar refractivity (Wildman–Crippen MR) is 156 cm³/mol. The predicted octanol–water partition coefficient (Wildman–Crippen LogP) is 5.65. The minimum absolute atomic E-state index is 0.0172. The van der Waals surface area contributed by atoms with Crippen LogP contribution in [-0.4, -0.2) is 52.1 Å². The van der Waals surface area contributed by atoms with E-state index < -0.39 is 23.8 Å². The molecule has 2 unspecified atom stereocenters. The van der Waals surface area contributed by atoms with Crippen molar-refractivity contribution in [3.8, 4) is 5.75 Å². The first-order chi connectivity index (χ1) is 19.1. The number of benzene rings is 2. The maximum absolute atomic E-state index is 14.4. The highest BCUT2D eigenvalue weighted by atomic mass is 16.6. The number of carbonyl (C=O) groups excluding carboxylic acids is 3. The topological polar surface area (TPSA) is 108 Å². The highest BCUT2D eigenvalue weighted by molar-refractivity contribution is 5.92. The molecule has 1 aliphatic rings. The summed E-state index contributed by atoms with van der Waals surface area (Å²) in [5.41, 5.74) is 0.650. The second-order valence-electron chi connectivity index (χ2n) is 11.6. The fourth-order valence-corrected chi connectivity index (χ4v) is 5.09. The second-order valence-corrected chi connectivity index (χ2v) is 11.6. The highest BCUT2D eigenvalue weighted by Crippen LogP contribution is 2.28. The van der Waals surface area contributed by atoms with Crippen LogP contribution in [0.15, 0.2) is 54.6 Å². The molecule has 0 saturated heterocycles. The van der Waals surface area contributed by atoms with Gasteiger partial charge in [0.05, 0.1) is 0 Å². The molecule has 2 aromatic rings. The van der Waals surface area contributed by atoms with Gasteiger partial charge in [0.15, 0.2) is 0 Å². The summed E-state index contributed by atoms with van der Waals surface area (Å²) in [4.78, 5) is 42.7. The lowest BCUT2D eigenvalue weighted by molar-refractivity contribution is -0.143. The first-order valence-corrected chi connectivity index (χ1v) is 14.5. The lowest BCUT2D eigenvalue weighted by Gasteiger charge is -2.36. The van der Waals surface area contributed by atoms with Crippen LogP contribution in [-0.2, 0) is 20.7 Å². The summed E-state index contributed by atoms with van der Waals surface area (Å²) in [5, 5.41) is 16.2. The summed E-state index contributed by atoms with van der Waals surface area (Å²) in [6, 6.07) is 14.1. The van der Waals surface area contributed by atoms with Gasteiger partial charge in [-0.25, -0.2) is 4.79 Å². The molecule has 40 heavy (non-hydrogen) atoms. The number of nitrogens with zero attached hydrogens (tertiary/aromatic N) is 1. The minimum Gasteiger partial charge on any atom is -0.508 e. The van der Waals surface area contributed by atoms with Crippen molar-refractivity contribution in [1.29, 1.82) is 0 Å². The van der Waals surface area contributed by atoms with Crippen LogP contribution in [0.25, 0.3) is 0 Å². The third-order valence-electron chi connectivity index (χ3n) is 7.00. The molecule has 2 aromatic carbocycles. The summed E-state index contributed by atoms with van der Waals surface area (Å²) >= 11 is 0. The number of nitrogens with one attached hydrogen (secondary N) is 2. The molecule has 8 nitrogen and oxygen atoms in total. The number of hydrogen-bond donors (Lipinski definition) is 3. The lowest BCUT2D eigenvalue weighted by atomic mass is 9.94. The van der Waals surface area contributed by atoms with Crippen LogP contribution in [0.2, 0.25) is 0 Å². The van der Waals surface area contributed by atoms with E-state index in [1.165, 1.54) is 6.07 Å². The Labute approximate surface area is 238 Å². The summed E-state index contributed by atoms with van der Waals surface area (Å²) in [5.74, 6) is -0.642. The molecule has 218 valence electrons. The molecule has 0 aromatic heterocycles. The van der Waals surface area contributed by atoms with Crippen molar-refractivity contribution in [1.82, 2.24) is 15.5 Å². The van der Waals surface area contributed by atoms with E-state index in [0.29, 0.717) is 18.5 Å². The Hall–Kier alpha value is -3.55. The van der Waals surface area contributed by atoms with Gasteiger partial charge in [-0.1, -0.05) is 75.1 Å². The van der Waals surface area contributed by atoms with Crippen molar-refractivity contribution in [3.63, 3.8) is 0 Å². The zero-order valence-electron chi connectivity index (χ0n) is 24.3. The van der Waals surface area contributed by atoms with Crippen LogP contribution in [0.4, 0.5) is 4.79 Å². The Balaban J connectivity index is 1.99. The molecule has 1 saturated carbocycles. The summed E-state index contributed by atoms with van der Waals surface area (Å²) in [7, 11) is 0. The standard InChI is InChI=1S/C32H45N3O5/c1-5-6-20-35(28(24-16-13-19-26(36)22-24)29(37)33-25-17-11-8-12-18-25)30(38)27(21-23-14-9-7-10-15-23)34-31(39)40-32(2,3)4/h7,9-10,13-16,19,22,25,27-28,36H,5-6,8,11-12,17-18,20-21H2,1-4H3,(H,33,37)(H,34,39). The lowest BCUT2D eigenvalue weighted by Crippen LogP contribution is -2.54. The van der Waals surface area contributed by atoms with Gasteiger partial charge in [-0.05, 0) is 63.3 Å². The molecule has 0 spiro atoms. The van der Waals surface area contributed by atoms with E-state index in [2.05, 4.69) is 10.6 Å². The SMILES string of the molecule is CCCCN(C(=O)C(Cc1ccccc1)NC(=O)OC(C)(C)C)C(C(=O)NC1CCCCC1)c1cccc(O)c1. The number of alkyl carbamates (subject to hydrolysis) is 1. The Bertz CT molecular complexity index is 1110. The van der Waals surface area contributed by atoms with Gasteiger partial charge in [-0.15, -0.1) is 0 Å². The van der Waals surface area contributed by atoms with Crippen LogP contribution in [0, 0.1) is 0 Å². The van der Waals surface area contributed by atoms with Crippen molar-refractivity contribution in [3.05, 3.63) is 65.7 Å². The average Bonchev–Trinajstić information content (AvgIpc) is 2.90. The fourth-order valence-electron chi connectivity index (χ4n) is 5.09. The van der Waals surface area contributed by atoms with Crippen LogP contribution >= 0.6 is 0 Å². The molecule has 3 rings (SSSR count). The molecule has 0 aliphatic heterocycles. The van der Waals surface area contributed by atoms with Crippen molar-refractivity contribution in [2.24, 2.45) is 0 Å². The van der Waals surface area contributed by atoms with Gasteiger partial charge in [0.1, 0.15) is 23.4 Å². The summed E-state index contributed by atoms with van der Waals surface area (Å²) in [6.07, 6.45) is 6.08. The molecule has 0 radical (unpaired) electrons. The molecular formula is C32H45N3O5. The Morgan fingerprint density at radius 2 is 1.73 bits per heavy atom. The summed E-state index contributed by atoms with van der Waals surface area (Å²) in [6.45, 7) is 7.63. The van der Waals surface area contributed by atoms with E-state index in [1.807, 2.05) is 37.3 Å². The molecular weight excluding hydrogens is 506 g/mol. The first kappa shape index (κ1) is 31.0. The minimum atomic E-state index is -0.966. The van der Waals surface area contributed by atoms with Crippen molar-refractivity contribution < 1.29 is 24.2 Å². The van der Waals surface area contributed by atoms with E-state index in [9.17, 15) is 19.5 Å². The quantitative estimate of drug-likeness (QED) is 0.335. The second kappa shape index (κ2) is 14.7. The highest BCUT2D eigenvalue weighted by Gasteiger charge is 2.37. The summed E-state index contributed by atoms with van der Waals surface area (Å²) < 4.78 is 5.49. The third-order valence-corrected chi connectivity index (χ3v) is 7.00. The maximum Gasteiger partial charge on any atom is 0.408 e. The smallest absolute Gasteiger partial charge is 0.408 e. The Morgan fingerprint density at radius 3 is 2.35 bits per heavy atom. The maximum atomic E-state index is 14.4. The van der Waals surface area contributed by atoms with Gasteiger partial charge in [-0.2, -0.15) is 0 Å². The van der Waals surface area contributed by atoms with Gasteiger partial charge in [0.25, 0.3) is 0 Å². The molecule has 8 heteroatoms. The van der Waals surface area contributed by atoms with Gasteiger partial charge in [0, 0.05) is 19.0 Å². The fraction of sp³-hybridized carbons (Fsp3) is 0.531.